The van der Waals surface area contributed by atoms with Crippen LogP contribution in [0.15, 0.2) is 12.3 Å². The molecule has 0 bridgehead atoms. The zero-order valence-electron chi connectivity index (χ0n) is 12.6. The van der Waals surface area contributed by atoms with Crippen molar-refractivity contribution in [3.05, 3.63) is 29.3 Å². The van der Waals surface area contributed by atoms with E-state index < -0.39 is 0 Å². The van der Waals surface area contributed by atoms with E-state index in [-0.39, 0.29) is 5.91 Å². The fourth-order valence-corrected chi connectivity index (χ4v) is 1.86. The summed E-state index contributed by atoms with van der Waals surface area (Å²) in [4.78, 5) is 22.1. The maximum absolute atomic E-state index is 11.9. The van der Waals surface area contributed by atoms with Gasteiger partial charge in [-0.1, -0.05) is 6.92 Å². The van der Waals surface area contributed by atoms with Crippen LogP contribution >= 0.6 is 0 Å². The molecule has 0 atom stereocenters. The highest BCUT2D eigenvalue weighted by molar-refractivity contribution is 5.91. The smallest absolute Gasteiger partial charge is 0.273 e. The summed E-state index contributed by atoms with van der Waals surface area (Å²) in [5.74, 6) is 7.13. The van der Waals surface area contributed by atoms with Crippen molar-refractivity contribution in [3.63, 3.8) is 0 Å². The van der Waals surface area contributed by atoms with Gasteiger partial charge in [-0.25, -0.2) is 20.5 Å². The quantitative estimate of drug-likeness (QED) is 0.628. The monoisotopic (exact) mass is 289 g/mol. The molecule has 0 fully saturated rings. The summed E-state index contributed by atoms with van der Waals surface area (Å²) >= 11 is 0. The Morgan fingerprint density at radius 2 is 2.14 bits per heavy atom. The van der Waals surface area contributed by atoms with Crippen LogP contribution in [-0.2, 0) is 6.42 Å². The average molecular weight is 289 g/mol. The minimum Gasteiger partial charge on any atom is -0.343 e. The van der Waals surface area contributed by atoms with Crippen LogP contribution in [0.4, 0.5) is 5.82 Å². The number of anilines is 1. The van der Waals surface area contributed by atoms with E-state index in [2.05, 4.69) is 20.5 Å². The van der Waals surface area contributed by atoms with Crippen LogP contribution in [0, 0.1) is 6.92 Å². The van der Waals surface area contributed by atoms with Crippen LogP contribution in [0.1, 0.15) is 28.8 Å². The maximum Gasteiger partial charge on any atom is 0.273 e. The molecule has 0 spiro atoms. The molecule has 2 aromatic heterocycles. The van der Waals surface area contributed by atoms with Crippen LogP contribution in [0.25, 0.3) is 5.82 Å². The number of amides is 1. The van der Waals surface area contributed by atoms with Crippen molar-refractivity contribution in [1.29, 1.82) is 0 Å². The summed E-state index contributed by atoms with van der Waals surface area (Å²) in [6.07, 6.45) is 2.37. The molecule has 0 saturated heterocycles. The first-order valence-corrected chi connectivity index (χ1v) is 6.59. The Hall–Kier alpha value is -2.48. The second kappa shape index (κ2) is 5.88. The van der Waals surface area contributed by atoms with E-state index in [9.17, 15) is 4.79 Å². The fraction of sp³-hybridized carbons (Fsp3) is 0.385. The molecule has 8 heteroatoms. The summed E-state index contributed by atoms with van der Waals surface area (Å²) in [6, 6.07) is 1.66. The number of aryl methyl sites for hydroxylation is 1. The number of nitrogens with zero attached hydrogens (tertiary/aromatic N) is 5. The zero-order chi connectivity index (χ0) is 15.6. The molecule has 0 aliphatic carbocycles. The summed E-state index contributed by atoms with van der Waals surface area (Å²) in [5, 5.41) is 4.28. The van der Waals surface area contributed by atoms with E-state index >= 15 is 0 Å². The molecule has 1 amide bonds. The van der Waals surface area contributed by atoms with Gasteiger partial charge in [0.25, 0.3) is 5.91 Å². The van der Waals surface area contributed by atoms with Gasteiger partial charge in [0.05, 0.1) is 0 Å². The Morgan fingerprint density at radius 1 is 1.43 bits per heavy atom. The van der Waals surface area contributed by atoms with Gasteiger partial charge in [-0.2, -0.15) is 5.10 Å². The van der Waals surface area contributed by atoms with Gasteiger partial charge in [-0.05, 0) is 13.0 Å². The van der Waals surface area contributed by atoms with Gasteiger partial charge in [0.2, 0.25) is 0 Å². The molecule has 2 rings (SSSR count). The molecule has 2 heterocycles. The average Bonchev–Trinajstić information content (AvgIpc) is 2.96. The molecule has 8 nitrogen and oxygen atoms in total. The molecule has 0 aliphatic rings. The summed E-state index contributed by atoms with van der Waals surface area (Å²) in [7, 11) is 3.37. The number of hydrazine groups is 1. The lowest BCUT2D eigenvalue weighted by molar-refractivity contribution is 0.0821. The largest absolute Gasteiger partial charge is 0.343 e. The number of nitrogens with one attached hydrogen (secondary N) is 1. The van der Waals surface area contributed by atoms with Crippen LogP contribution < -0.4 is 11.3 Å². The van der Waals surface area contributed by atoms with Crippen LogP contribution in [0.3, 0.4) is 0 Å². The van der Waals surface area contributed by atoms with Crippen molar-refractivity contribution in [2.24, 2.45) is 5.84 Å². The first-order valence-electron chi connectivity index (χ1n) is 6.59. The lowest BCUT2D eigenvalue weighted by atomic mass is 10.3. The molecule has 0 radical (unpaired) electrons. The van der Waals surface area contributed by atoms with Gasteiger partial charge in [-0.15, -0.1) is 0 Å². The number of nitrogens with two attached hydrogens (primary N) is 1. The van der Waals surface area contributed by atoms with Gasteiger partial charge < -0.3 is 10.3 Å². The second-order valence-electron chi connectivity index (χ2n) is 4.78. The number of hydrogen-bond donors (Lipinski definition) is 2. The predicted molar refractivity (Wildman–Crippen MR) is 79.1 cm³/mol. The molecule has 0 unspecified atom stereocenters. The van der Waals surface area contributed by atoms with Crippen molar-refractivity contribution in [1.82, 2.24) is 24.6 Å². The minimum atomic E-state index is -0.159. The predicted octanol–water partition coefficient (Wildman–Crippen LogP) is 0.521. The van der Waals surface area contributed by atoms with Gasteiger partial charge in [-0.3, -0.25) is 4.79 Å². The van der Waals surface area contributed by atoms with E-state index in [1.54, 1.807) is 31.0 Å². The van der Waals surface area contributed by atoms with Crippen molar-refractivity contribution < 1.29 is 4.79 Å². The van der Waals surface area contributed by atoms with E-state index in [1.807, 2.05) is 13.8 Å². The van der Waals surface area contributed by atoms with Crippen LogP contribution in [0.5, 0.6) is 0 Å². The van der Waals surface area contributed by atoms with Crippen molar-refractivity contribution in [2.75, 3.05) is 19.5 Å². The van der Waals surface area contributed by atoms with Gasteiger partial charge in [0.15, 0.2) is 11.5 Å². The third-order valence-corrected chi connectivity index (χ3v) is 3.05. The molecule has 2 aromatic rings. The third kappa shape index (κ3) is 2.84. The first-order chi connectivity index (χ1) is 9.97. The Kier molecular flexibility index (Phi) is 4.18. The number of carbonyl (C=O) groups excluding carboxylic acids is 1. The highest BCUT2D eigenvalue weighted by Gasteiger charge is 2.16. The lowest BCUT2D eigenvalue weighted by Gasteiger charge is -2.11. The van der Waals surface area contributed by atoms with Crippen molar-refractivity contribution in [2.45, 2.75) is 20.3 Å². The summed E-state index contributed by atoms with van der Waals surface area (Å²) in [5.41, 5.74) is 3.69. The molecule has 21 heavy (non-hydrogen) atoms. The van der Waals surface area contributed by atoms with E-state index in [0.29, 0.717) is 29.6 Å². The fourth-order valence-electron chi connectivity index (χ4n) is 1.86. The normalized spacial score (nSPS) is 10.5. The van der Waals surface area contributed by atoms with Gasteiger partial charge in [0.1, 0.15) is 11.6 Å². The molecule has 112 valence electrons. The molecule has 0 aliphatic heterocycles. The van der Waals surface area contributed by atoms with E-state index in [4.69, 9.17) is 5.84 Å². The standard InChI is InChI=1S/C13H19N7O/c1-5-10-15-11(17-14)8(2)12(16-10)20-7-6-9(18-20)13(21)19(3)4/h6-7H,5,14H2,1-4H3,(H,15,16,17). The maximum atomic E-state index is 11.9. The SMILES string of the molecule is CCc1nc(NN)c(C)c(-n2ccc(C(=O)N(C)C)n2)n1. The summed E-state index contributed by atoms with van der Waals surface area (Å²) < 4.78 is 1.56. The number of carbonyl (C=O) groups is 1. The van der Waals surface area contributed by atoms with Gasteiger partial charge >= 0.3 is 0 Å². The molecule has 0 aromatic carbocycles. The van der Waals surface area contributed by atoms with E-state index in [1.165, 1.54) is 4.90 Å². The van der Waals surface area contributed by atoms with Crippen molar-refractivity contribution in [3.8, 4) is 5.82 Å². The number of hydrogen-bond acceptors (Lipinski definition) is 6. The molecule has 3 N–H and O–H groups in total. The highest BCUT2D eigenvalue weighted by atomic mass is 16.2. The molecular weight excluding hydrogens is 270 g/mol. The van der Waals surface area contributed by atoms with Gasteiger partial charge in [0, 0.05) is 32.3 Å². The van der Waals surface area contributed by atoms with E-state index in [0.717, 1.165) is 5.56 Å². The number of rotatable bonds is 4. The zero-order valence-corrected chi connectivity index (χ0v) is 12.6. The Bertz CT molecular complexity index is 663. The first kappa shape index (κ1) is 14.9. The number of aromatic nitrogens is 4. The Morgan fingerprint density at radius 3 is 2.71 bits per heavy atom. The second-order valence-corrected chi connectivity index (χ2v) is 4.78. The van der Waals surface area contributed by atoms with Crippen LogP contribution in [-0.4, -0.2) is 44.7 Å². The Labute approximate surface area is 123 Å². The van der Waals surface area contributed by atoms with Crippen molar-refractivity contribution >= 4 is 11.7 Å². The topological polar surface area (TPSA) is 102 Å². The molecular formula is C13H19N7O. The Balaban J connectivity index is 2.49. The molecule has 0 saturated carbocycles. The third-order valence-electron chi connectivity index (χ3n) is 3.05. The minimum absolute atomic E-state index is 0.159. The number of nitrogen functional groups attached to an aromatic ring is 1. The lowest BCUT2D eigenvalue weighted by Crippen LogP contribution is -2.22. The van der Waals surface area contributed by atoms with Crippen LogP contribution in [0.2, 0.25) is 0 Å². The summed E-state index contributed by atoms with van der Waals surface area (Å²) in [6.45, 7) is 3.80. The highest BCUT2D eigenvalue weighted by Crippen LogP contribution is 2.18.